The molecule has 0 bridgehead atoms. The third-order valence-electron chi connectivity index (χ3n) is 4.12. The van der Waals surface area contributed by atoms with Crippen LogP contribution in [0.3, 0.4) is 0 Å². The van der Waals surface area contributed by atoms with Gasteiger partial charge in [0.1, 0.15) is 0 Å². The van der Waals surface area contributed by atoms with Crippen LogP contribution in [0.1, 0.15) is 23.6 Å². The van der Waals surface area contributed by atoms with Crippen LogP contribution in [0.5, 0.6) is 0 Å². The van der Waals surface area contributed by atoms with E-state index >= 15 is 0 Å². The van der Waals surface area contributed by atoms with Crippen molar-refractivity contribution in [3.63, 3.8) is 0 Å². The summed E-state index contributed by atoms with van der Waals surface area (Å²) in [7, 11) is -3.61. The van der Waals surface area contributed by atoms with E-state index in [0.29, 0.717) is 12.2 Å². The van der Waals surface area contributed by atoms with Crippen LogP contribution in [0.25, 0.3) is 0 Å². The van der Waals surface area contributed by atoms with Gasteiger partial charge in [-0.05, 0) is 42.2 Å². The quantitative estimate of drug-likeness (QED) is 0.735. The zero-order chi connectivity index (χ0) is 17.9. The number of aromatic nitrogens is 2. The standard InChI is InChI=1S/C19H21N3O2S/c1-3-16-8-10-19(11-9-16)25(23,24)21-18-12-20-22(14-18)13-17-7-5-4-6-15(17)2/h4-12,14,21H,3,13H2,1-2H3. The van der Waals surface area contributed by atoms with Gasteiger partial charge in [-0.15, -0.1) is 0 Å². The predicted molar refractivity (Wildman–Crippen MR) is 99.1 cm³/mol. The lowest BCUT2D eigenvalue weighted by Gasteiger charge is -2.07. The number of rotatable bonds is 6. The second-order valence-electron chi connectivity index (χ2n) is 5.96. The van der Waals surface area contributed by atoms with Crippen LogP contribution in [-0.2, 0) is 23.0 Å². The van der Waals surface area contributed by atoms with Crippen molar-refractivity contribution >= 4 is 15.7 Å². The fourth-order valence-electron chi connectivity index (χ4n) is 2.58. The number of sulfonamides is 1. The number of aryl methyl sites for hydroxylation is 2. The summed E-state index contributed by atoms with van der Waals surface area (Å²) in [4.78, 5) is 0.247. The van der Waals surface area contributed by atoms with Crippen LogP contribution in [0, 0.1) is 6.92 Å². The maximum absolute atomic E-state index is 12.5. The minimum absolute atomic E-state index is 0.247. The number of anilines is 1. The summed E-state index contributed by atoms with van der Waals surface area (Å²) in [5.74, 6) is 0. The highest BCUT2D eigenvalue weighted by Gasteiger charge is 2.15. The van der Waals surface area contributed by atoms with Crippen molar-refractivity contribution in [1.29, 1.82) is 0 Å². The lowest BCUT2D eigenvalue weighted by Crippen LogP contribution is -2.12. The van der Waals surface area contributed by atoms with E-state index in [9.17, 15) is 8.42 Å². The summed E-state index contributed by atoms with van der Waals surface area (Å²) in [6.45, 7) is 4.67. The molecule has 0 fully saturated rings. The first kappa shape index (κ1) is 17.2. The molecule has 0 saturated heterocycles. The molecule has 0 radical (unpaired) electrons. The van der Waals surface area contributed by atoms with Crippen LogP contribution in [-0.4, -0.2) is 18.2 Å². The van der Waals surface area contributed by atoms with Crippen molar-refractivity contribution in [3.05, 3.63) is 77.6 Å². The summed E-state index contributed by atoms with van der Waals surface area (Å²) < 4.78 is 29.3. The Morgan fingerprint density at radius 1 is 1.08 bits per heavy atom. The van der Waals surface area contributed by atoms with E-state index in [2.05, 4.69) is 9.82 Å². The molecular formula is C19H21N3O2S. The molecule has 1 N–H and O–H groups in total. The molecule has 1 heterocycles. The third kappa shape index (κ3) is 4.09. The van der Waals surface area contributed by atoms with Crippen molar-refractivity contribution in [2.45, 2.75) is 31.7 Å². The van der Waals surface area contributed by atoms with Gasteiger partial charge in [-0.25, -0.2) is 8.42 Å². The first-order valence-electron chi connectivity index (χ1n) is 8.16. The summed E-state index contributed by atoms with van der Waals surface area (Å²) in [6.07, 6.45) is 4.10. The van der Waals surface area contributed by atoms with Gasteiger partial charge >= 0.3 is 0 Å². The summed E-state index contributed by atoms with van der Waals surface area (Å²) in [6, 6.07) is 15.0. The second kappa shape index (κ2) is 7.11. The lowest BCUT2D eigenvalue weighted by molar-refractivity contribution is 0.601. The first-order chi connectivity index (χ1) is 12.0. The molecule has 0 unspecified atom stereocenters. The van der Waals surface area contributed by atoms with Gasteiger partial charge in [-0.2, -0.15) is 5.10 Å². The first-order valence-corrected chi connectivity index (χ1v) is 9.65. The van der Waals surface area contributed by atoms with Crippen molar-refractivity contribution < 1.29 is 8.42 Å². The van der Waals surface area contributed by atoms with Gasteiger partial charge in [-0.1, -0.05) is 43.3 Å². The highest BCUT2D eigenvalue weighted by Crippen LogP contribution is 2.17. The van der Waals surface area contributed by atoms with E-state index in [4.69, 9.17) is 0 Å². The lowest BCUT2D eigenvalue weighted by atomic mass is 10.1. The van der Waals surface area contributed by atoms with E-state index in [1.807, 2.05) is 50.2 Å². The molecule has 0 aliphatic carbocycles. The Labute approximate surface area is 148 Å². The molecule has 3 rings (SSSR count). The van der Waals surface area contributed by atoms with Gasteiger partial charge in [0.2, 0.25) is 0 Å². The van der Waals surface area contributed by atoms with Crippen LogP contribution in [0.2, 0.25) is 0 Å². The van der Waals surface area contributed by atoms with E-state index < -0.39 is 10.0 Å². The number of hydrogen-bond donors (Lipinski definition) is 1. The van der Waals surface area contributed by atoms with Gasteiger partial charge in [0.25, 0.3) is 10.0 Å². The Balaban J connectivity index is 1.75. The van der Waals surface area contributed by atoms with Crippen molar-refractivity contribution in [3.8, 4) is 0 Å². The van der Waals surface area contributed by atoms with Crippen molar-refractivity contribution in [1.82, 2.24) is 9.78 Å². The largest absolute Gasteiger partial charge is 0.276 e. The maximum atomic E-state index is 12.5. The molecule has 2 aromatic carbocycles. The van der Waals surface area contributed by atoms with Crippen LogP contribution in [0.4, 0.5) is 5.69 Å². The smallest absolute Gasteiger partial charge is 0.261 e. The molecule has 0 amide bonds. The predicted octanol–water partition coefficient (Wildman–Crippen LogP) is 3.60. The molecule has 0 aliphatic heterocycles. The molecule has 6 heteroatoms. The van der Waals surface area contributed by atoms with Gasteiger partial charge in [-0.3, -0.25) is 9.40 Å². The van der Waals surface area contributed by atoms with E-state index in [-0.39, 0.29) is 4.90 Å². The minimum atomic E-state index is -3.61. The molecule has 0 spiro atoms. The highest BCUT2D eigenvalue weighted by atomic mass is 32.2. The Morgan fingerprint density at radius 3 is 2.48 bits per heavy atom. The number of nitrogens with one attached hydrogen (secondary N) is 1. The molecular weight excluding hydrogens is 334 g/mol. The summed E-state index contributed by atoms with van der Waals surface area (Å²) in [5.41, 5.74) is 3.88. The number of nitrogens with zero attached hydrogens (tertiary/aromatic N) is 2. The molecule has 130 valence electrons. The molecule has 0 atom stereocenters. The van der Waals surface area contributed by atoms with E-state index in [1.54, 1.807) is 23.0 Å². The van der Waals surface area contributed by atoms with Gasteiger partial charge < -0.3 is 0 Å². The average Bonchev–Trinajstić information content (AvgIpc) is 3.03. The molecule has 0 saturated carbocycles. The van der Waals surface area contributed by atoms with E-state index in [0.717, 1.165) is 17.5 Å². The average molecular weight is 355 g/mol. The van der Waals surface area contributed by atoms with Gasteiger partial charge in [0.05, 0.1) is 23.3 Å². The fourth-order valence-corrected chi connectivity index (χ4v) is 3.61. The Kier molecular flexibility index (Phi) is 4.90. The van der Waals surface area contributed by atoms with Crippen LogP contribution >= 0.6 is 0 Å². The van der Waals surface area contributed by atoms with Crippen LogP contribution in [0.15, 0.2) is 65.8 Å². The number of hydrogen-bond acceptors (Lipinski definition) is 3. The molecule has 5 nitrogen and oxygen atoms in total. The SMILES string of the molecule is CCc1ccc(S(=O)(=O)Nc2cnn(Cc3ccccc3C)c2)cc1. The van der Waals surface area contributed by atoms with Crippen molar-refractivity contribution in [2.24, 2.45) is 0 Å². The summed E-state index contributed by atoms with van der Waals surface area (Å²) >= 11 is 0. The molecule has 3 aromatic rings. The molecule has 1 aromatic heterocycles. The monoisotopic (exact) mass is 355 g/mol. The van der Waals surface area contributed by atoms with Gasteiger partial charge in [0.15, 0.2) is 0 Å². The maximum Gasteiger partial charge on any atom is 0.261 e. The normalized spacial score (nSPS) is 11.4. The highest BCUT2D eigenvalue weighted by molar-refractivity contribution is 7.92. The summed E-state index contributed by atoms with van der Waals surface area (Å²) in [5, 5.41) is 4.25. The Hall–Kier alpha value is -2.60. The number of benzene rings is 2. The fraction of sp³-hybridized carbons (Fsp3) is 0.211. The molecule has 0 aliphatic rings. The Morgan fingerprint density at radius 2 is 1.80 bits per heavy atom. The molecule has 25 heavy (non-hydrogen) atoms. The zero-order valence-corrected chi connectivity index (χ0v) is 15.1. The van der Waals surface area contributed by atoms with Gasteiger partial charge in [0, 0.05) is 6.20 Å². The van der Waals surface area contributed by atoms with E-state index in [1.165, 1.54) is 11.8 Å². The zero-order valence-electron chi connectivity index (χ0n) is 14.3. The third-order valence-corrected chi connectivity index (χ3v) is 5.52. The topological polar surface area (TPSA) is 64.0 Å². The van der Waals surface area contributed by atoms with Crippen LogP contribution < -0.4 is 4.72 Å². The van der Waals surface area contributed by atoms with Crippen molar-refractivity contribution in [2.75, 3.05) is 4.72 Å². The second-order valence-corrected chi connectivity index (χ2v) is 7.64. The Bertz CT molecular complexity index is 960. The minimum Gasteiger partial charge on any atom is -0.276 e.